The molecular formula is C13H17NO4S. The molecule has 0 heterocycles. The van der Waals surface area contributed by atoms with Gasteiger partial charge in [0, 0.05) is 6.20 Å². The molecule has 0 fully saturated rings. The van der Waals surface area contributed by atoms with Crippen molar-refractivity contribution in [2.45, 2.75) is 13.8 Å². The first kappa shape index (κ1) is 15.4. The smallest absolute Gasteiger partial charge is 0.264 e. The fraction of sp³-hybridized carbons (Fsp3) is 0.308. The van der Waals surface area contributed by atoms with Crippen molar-refractivity contribution in [1.29, 1.82) is 0 Å². The van der Waals surface area contributed by atoms with Crippen molar-refractivity contribution in [2.24, 2.45) is 0 Å². The van der Waals surface area contributed by atoms with Crippen molar-refractivity contribution in [3.05, 3.63) is 42.1 Å². The normalized spacial score (nSPS) is 11.1. The lowest BCUT2D eigenvalue weighted by Crippen LogP contribution is -2.31. The number of carbonyl (C=O) groups excluding carboxylic acids is 1. The number of carbonyl (C=O) groups is 1. The van der Waals surface area contributed by atoms with Gasteiger partial charge in [-0.1, -0.05) is 24.8 Å². The number of nitrogens with zero attached hydrogens (tertiary/aromatic N) is 1. The summed E-state index contributed by atoms with van der Waals surface area (Å²) in [5, 5.41) is 0. The molecule has 1 rings (SSSR count). The standard InChI is InChI=1S/C13H17NO4S/c1-5-14(12(15)9-18-19(4,16)17)13-10(2)7-6-8-11(13)3/h5-8H,1,9H2,2-4H3. The molecule has 6 heteroatoms. The minimum absolute atomic E-state index is 0.488. The van der Waals surface area contributed by atoms with Crippen molar-refractivity contribution < 1.29 is 17.4 Å². The number of para-hydroxylation sites is 1. The van der Waals surface area contributed by atoms with Gasteiger partial charge in [-0.2, -0.15) is 8.42 Å². The Kier molecular flexibility index (Phi) is 4.85. The van der Waals surface area contributed by atoms with Crippen LogP contribution >= 0.6 is 0 Å². The van der Waals surface area contributed by atoms with Crippen LogP contribution in [-0.2, 0) is 19.1 Å². The highest BCUT2D eigenvalue weighted by atomic mass is 32.2. The molecule has 5 nitrogen and oxygen atoms in total. The molecule has 0 N–H and O–H groups in total. The first-order valence-electron chi connectivity index (χ1n) is 5.61. The molecule has 19 heavy (non-hydrogen) atoms. The van der Waals surface area contributed by atoms with E-state index in [1.54, 1.807) is 0 Å². The lowest BCUT2D eigenvalue weighted by Gasteiger charge is -2.22. The number of hydrogen-bond acceptors (Lipinski definition) is 4. The molecule has 0 saturated carbocycles. The monoisotopic (exact) mass is 283 g/mol. The topological polar surface area (TPSA) is 63.7 Å². The first-order chi connectivity index (χ1) is 8.76. The zero-order valence-electron chi connectivity index (χ0n) is 11.2. The van der Waals surface area contributed by atoms with Crippen LogP contribution in [0.25, 0.3) is 0 Å². The Labute approximate surface area is 113 Å². The van der Waals surface area contributed by atoms with Gasteiger partial charge in [0.25, 0.3) is 16.0 Å². The van der Waals surface area contributed by atoms with E-state index in [9.17, 15) is 13.2 Å². The highest BCUT2D eigenvalue weighted by Gasteiger charge is 2.18. The van der Waals surface area contributed by atoms with Crippen LogP contribution < -0.4 is 4.90 Å². The van der Waals surface area contributed by atoms with E-state index in [2.05, 4.69) is 10.8 Å². The zero-order chi connectivity index (χ0) is 14.6. The summed E-state index contributed by atoms with van der Waals surface area (Å²) in [6, 6.07) is 5.61. The fourth-order valence-corrected chi connectivity index (χ4v) is 2.05. The van der Waals surface area contributed by atoms with Crippen LogP contribution in [0.5, 0.6) is 0 Å². The molecule has 0 saturated heterocycles. The number of hydrogen-bond donors (Lipinski definition) is 0. The first-order valence-corrected chi connectivity index (χ1v) is 7.43. The molecule has 0 aliphatic rings. The second-order valence-corrected chi connectivity index (χ2v) is 5.80. The predicted molar refractivity (Wildman–Crippen MR) is 74.4 cm³/mol. The van der Waals surface area contributed by atoms with Gasteiger partial charge < -0.3 is 0 Å². The van der Waals surface area contributed by atoms with Crippen LogP contribution in [0.2, 0.25) is 0 Å². The maximum atomic E-state index is 12.0. The Bertz CT molecular complexity index is 572. The fourth-order valence-electron chi connectivity index (χ4n) is 1.73. The molecular weight excluding hydrogens is 266 g/mol. The number of benzene rings is 1. The van der Waals surface area contributed by atoms with Crippen LogP contribution in [-0.4, -0.2) is 27.2 Å². The van der Waals surface area contributed by atoms with Crippen LogP contribution in [0.15, 0.2) is 31.0 Å². The Balaban J connectivity index is 3.01. The maximum absolute atomic E-state index is 12.0. The average Bonchev–Trinajstić information content (AvgIpc) is 2.30. The molecule has 1 amide bonds. The molecule has 0 aliphatic carbocycles. The van der Waals surface area contributed by atoms with Crippen LogP contribution in [0.4, 0.5) is 5.69 Å². The van der Waals surface area contributed by atoms with E-state index in [4.69, 9.17) is 0 Å². The van der Waals surface area contributed by atoms with E-state index < -0.39 is 22.6 Å². The lowest BCUT2D eigenvalue weighted by molar-refractivity contribution is -0.119. The molecule has 104 valence electrons. The van der Waals surface area contributed by atoms with Gasteiger partial charge in [-0.15, -0.1) is 0 Å². The van der Waals surface area contributed by atoms with E-state index in [0.29, 0.717) is 5.69 Å². The Morgan fingerprint density at radius 3 is 2.32 bits per heavy atom. The summed E-state index contributed by atoms with van der Waals surface area (Å²) >= 11 is 0. The second kappa shape index (κ2) is 5.99. The molecule has 0 atom stereocenters. The lowest BCUT2D eigenvalue weighted by atomic mass is 10.1. The van der Waals surface area contributed by atoms with Gasteiger partial charge in [-0.25, -0.2) is 0 Å². The Morgan fingerprint density at radius 1 is 1.37 bits per heavy atom. The van der Waals surface area contributed by atoms with Crippen molar-refractivity contribution in [2.75, 3.05) is 17.8 Å². The van der Waals surface area contributed by atoms with Crippen molar-refractivity contribution in [3.8, 4) is 0 Å². The number of amides is 1. The van der Waals surface area contributed by atoms with Crippen LogP contribution in [0.1, 0.15) is 11.1 Å². The summed E-state index contributed by atoms with van der Waals surface area (Å²) < 4.78 is 26.3. The van der Waals surface area contributed by atoms with Gasteiger partial charge in [0.2, 0.25) is 0 Å². The van der Waals surface area contributed by atoms with Gasteiger partial charge in [-0.05, 0) is 25.0 Å². The highest BCUT2D eigenvalue weighted by Crippen LogP contribution is 2.24. The maximum Gasteiger partial charge on any atom is 0.264 e. The number of rotatable bonds is 5. The summed E-state index contributed by atoms with van der Waals surface area (Å²) in [6.45, 7) is 6.77. The Hall–Kier alpha value is -1.66. The SMILES string of the molecule is C=CN(C(=O)COS(C)(=O)=O)c1c(C)cccc1C. The summed E-state index contributed by atoms with van der Waals surface area (Å²) in [7, 11) is -3.65. The third kappa shape index (κ3) is 4.18. The summed E-state index contributed by atoms with van der Waals surface area (Å²) in [6.07, 6.45) is 2.25. The molecule has 0 aromatic heterocycles. The largest absolute Gasteiger partial charge is 0.286 e. The van der Waals surface area contributed by atoms with Crippen LogP contribution in [0.3, 0.4) is 0 Å². The number of anilines is 1. The van der Waals surface area contributed by atoms with Gasteiger partial charge >= 0.3 is 0 Å². The van der Waals surface area contributed by atoms with Crippen molar-refractivity contribution in [1.82, 2.24) is 0 Å². The van der Waals surface area contributed by atoms with Gasteiger partial charge in [0.1, 0.15) is 6.61 Å². The van der Waals surface area contributed by atoms with Crippen molar-refractivity contribution >= 4 is 21.7 Å². The average molecular weight is 283 g/mol. The summed E-state index contributed by atoms with van der Waals surface area (Å²) in [5.74, 6) is -0.488. The summed E-state index contributed by atoms with van der Waals surface area (Å²) in [5.41, 5.74) is 2.49. The summed E-state index contributed by atoms with van der Waals surface area (Å²) in [4.78, 5) is 13.3. The van der Waals surface area contributed by atoms with Gasteiger partial charge in [0.15, 0.2) is 0 Å². The molecule has 0 bridgehead atoms. The third-order valence-corrected chi connectivity index (χ3v) is 3.07. The molecule has 1 aromatic rings. The third-order valence-electron chi connectivity index (χ3n) is 2.53. The van der Waals surface area contributed by atoms with E-state index in [1.165, 1.54) is 11.1 Å². The zero-order valence-corrected chi connectivity index (χ0v) is 12.0. The minimum atomic E-state index is -3.65. The molecule has 1 aromatic carbocycles. The molecule has 0 spiro atoms. The Morgan fingerprint density at radius 2 is 1.89 bits per heavy atom. The van der Waals surface area contributed by atoms with Crippen LogP contribution in [0, 0.1) is 13.8 Å². The van der Waals surface area contributed by atoms with Crippen molar-refractivity contribution in [3.63, 3.8) is 0 Å². The number of aryl methyl sites for hydroxylation is 2. The highest BCUT2D eigenvalue weighted by molar-refractivity contribution is 7.86. The quantitative estimate of drug-likeness (QED) is 0.772. The molecule has 0 radical (unpaired) electrons. The van der Waals surface area contributed by atoms with E-state index in [0.717, 1.165) is 17.4 Å². The van der Waals surface area contributed by atoms with Gasteiger partial charge in [-0.3, -0.25) is 13.9 Å². The predicted octanol–water partition coefficient (Wildman–Crippen LogP) is 1.76. The molecule has 0 unspecified atom stereocenters. The second-order valence-electron chi connectivity index (χ2n) is 4.15. The van der Waals surface area contributed by atoms with E-state index >= 15 is 0 Å². The van der Waals surface area contributed by atoms with E-state index in [-0.39, 0.29) is 0 Å². The molecule has 0 aliphatic heterocycles. The van der Waals surface area contributed by atoms with Gasteiger partial charge in [0.05, 0.1) is 11.9 Å². The minimum Gasteiger partial charge on any atom is -0.286 e. The van der Waals surface area contributed by atoms with E-state index in [1.807, 2.05) is 32.0 Å².